The van der Waals surface area contributed by atoms with Gasteiger partial charge in [0.1, 0.15) is 17.2 Å². The molecule has 5 nitrogen and oxygen atoms in total. The van der Waals surface area contributed by atoms with Crippen LogP contribution in [0.3, 0.4) is 0 Å². The van der Waals surface area contributed by atoms with Gasteiger partial charge in [-0.3, -0.25) is 0 Å². The van der Waals surface area contributed by atoms with E-state index in [1.807, 2.05) is 0 Å². The Kier molecular flexibility index (Phi) is 5.18. The van der Waals surface area contributed by atoms with E-state index >= 15 is 0 Å². The lowest BCUT2D eigenvalue weighted by Crippen LogP contribution is -1.93. The minimum absolute atomic E-state index is 0.275. The number of hydrogen-bond acceptors (Lipinski definition) is 5. The smallest absolute Gasteiger partial charge is 0.176 e. The Morgan fingerprint density at radius 2 is 1.80 bits per heavy atom. The Hall–Kier alpha value is -2.21. The number of halogens is 2. The van der Waals surface area contributed by atoms with Crippen LogP contribution >= 0.6 is 23.2 Å². The van der Waals surface area contributed by atoms with Crippen molar-refractivity contribution in [2.75, 3.05) is 14.2 Å². The fourth-order valence-corrected chi connectivity index (χ4v) is 3.04. The third kappa shape index (κ3) is 3.31. The van der Waals surface area contributed by atoms with E-state index in [2.05, 4.69) is 5.16 Å². The molecule has 7 heteroatoms. The molecule has 0 radical (unpaired) electrons. The van der Waals surface area contributed by atoms with Crippen molar-refractivity contribution < 1.29 is 19.1 Å². The van der Waals surface area contributed by atoms with Crippen LogP contribution in [-0.4, -0.2) is 24.5 Å². The van der Waals surface area contributed by atoms with Crippen LogP contribution < -0.4 is 9.47 Å². The first-order chi connectivity index (χ1) is 12.1. The summed E-state index contributed by atoms with van der Waals surface area (Å²) in [6, 6.07) is 10.3. The topological polar surface area (TPSA) is 64.7 Å². The molecule has 0 saturated carbocycles. The highest BCUT2D eigenvalue weighted by Gasteiger charge is 2.22. The number of nitrogens with zero attached hydrogens (tertiary/aromatic N) is 1. The van der Waals surface area contributed by atoms with E-state index in [9.17, 15) is 5.11 Å². The van der Waals surface area contributed by atoms with Crippen LogP contribution in [0.25, 0.3) is 22.6 Å². The lowest BCUT2D eigenvalue weighted by Gasteiger charge is -2.09. The van der Waals surface area contributed by atoms with E-state index in [1.165, 1.54) is 0 Å². The van der Waals surface area contributed by atoms with E-state index in [0.717, 1.165) is 0 Å². The number of benzene rings is 2. The van der Waals surface area contributed by atoms with Crippen LogP contribution in [-0.2, 0) is 6.61 Å². The molecule has 0 saturated heterocycles. The molecule has 0 aliphatic heterocycles. The number of aromatic nitrogens is 1. The standard InChI is InChI=1S/C18H15Cl2NO4/c1-23-11-4-6-13(16(8-11)24-2)18-14(9-22)17(21-25-18)12-5-3-10(19)7-15(12)20/h3-8,22H,9H2,1-2H3. The number of ether oxygens (including phenoxy) is 2. The highest BCUT2D eigenvalue weighted by Crippen LogP contribution is 2.40. The summed E-state index contributed by atoms with van der Waals surface area (Å²) in [4.78, 5) is 0. The fraction of sp³-hybridized carbons (Fsp3) is 0.167. The second kappa shape index (κ2) is 7.35. The van der Waals surface area contributed by atoms with Gasteiger partial charge in [-0.1, -0.05) is 28.4 Å². The van der Waals surface area contributed by atoms with Crippen LogP contribution in [0.4, 0.5) is 0 Å². The molecule has 0 aliphatic rings. The van der Waals surface area contributed by atoms with E-state index in [-0.39, 0.29) is 6.61 Å². The van der Waals surface area contributed by atoms with Crippen LogP contribution in [0, 0.1) is 0 Å². The van der Waals surface area contributed by atoms with Crippen molar-refractivity contribution in [1.82, 2.24) is 5.16 Å². The van der Waals surface area contributed by atoms with Crippen molar-refractivity contribution in [3.8, 4) is 34.1 Å². The van der Waals surface area contributed by atoms with Crippen molar-refractivity contribution in [1.29, 1.82) is 0 Å². The zero-order valence-electron chi connectivity index (χ0n) is 13.5. The molecule has 1 N–H and O–H groups in total. The molecule has 130 valence electrons. The van der Waals surface area contributed by atoms with Crippen molar-refractivity contribution in [2.45, 2.75) is 6.61 Å². The molecule has 0 unspecified atom stereocenters. The number of aliphatic hydroxyl groups is 1. The van der Waals surface area contributed by atoms with E-state index in [1.54, 1.807) is 50.6 Å². The first kappa shape index (κ1) is 17.6. The number of rotatable bonds is 5. The second-order valence-electron chi connectivity index (χ2n) is 5.19. The molecular formula is C18H15Cl2NO4. The summed E-state index contributed by atoms with van der Waals surface area (Å²) in [7, 11) is 3.12. The van der Waals surface area contributed by atoms with Gasteiger partial charge in [0.25, 0.3) is 0 Å². The van der Waals surface area contributed by atoms with Gasteiger partial charge in [-0.05, 0) is 30.3 Å². The number of aliphatic hydroxyl groups excluding tert-OH is 1. The second-order valence-corrected chi connectivity index (χ2v) is 6.03. The summed E-state index contributed by atoms with van der Waals surface area (Å²) in [6.07, 6.45) is 0. The molecule has 0 spiro atoms. The molecule has 0 fully saturated rings. The zero-order chi connectivity index (χ0) is 18.0. The van der Waals surface area contributed by atoms with Gasteiger partial charge in [0, 0.05) is 16.7 Å². The van der Waals surface area contributed by atoms with Gasteiger partial charge in [0.15, 0.2) is 5.76 Å². The predicted molar refractivity (Wildman–Crippen MR) is 96.4 cm³/mol. The fourth-order valence-electron chi connectivity index (χ4n) is 2.55. The molecule has 0 atom stereocenters. The normalized spacial score (nSPS) is 10.8. The Balaban J connectivity index is 2.15. The highest BCUT2D eigenvalue weighted by atomic mass is 35.5. The Morgan fingerprint density at radius 1 is 1.04 bits per heavy atom. The van der Waals surface area contributed by atoms with Gasteiger partial charge in [-0.15, -0.1) is 0 Å². The Morgan fingerprint density at radius 3 is 2.44 bits per heavy atom. The van der Waals surface area contributed by atoms with Crippen molar-refractivity contribution in [3.63, 3.8) is 0 Å². The summed E-state index contributed by atoms with van der Waals surface area (Å²) in [5.41, 5.74) is 2.23. The van der Waals surface area contributed by atoms with Crippen LogP contribution in [0.1, 0.15) is 5.56 Å². The van der Waals surface area contributed by atoms with Gasteiger partial charge >= 0.3 is 0 Å². The lowest BCUT2D eigenvalue weighted by molar-refractivity contribution is 0.281. The summed E-state index contributed by atoms with van der Waals surface area (Å²) in [5.74, 6) is 1.59. The lowest BCUT2D eigenvalue weighted by atomic mass is 10.0. The SMILES string of the molecule is COc1ccc(-c2onc(-c3ccc(Cl)cc3Cl)c2CO)c(OC)c1. The maximum atomic E-state index is 9.89. The summed E-state index contributed by atoms with van der Waals surface area (Å²) in [5, 5.41) is 14.9. The van der Waals surface area contributed by atoms with Gasteiger partial charge in [-0.25, -0.2) is 0 Å². The van der Waals surface area contributed by atoms with E-state index in [4.69, 9.17) is 37.2 Å². The van der Waals surface area contributed by atoms with Crippen LogP contribution in [0.15, 0.2) is 40.9 Å². The highest BCUT2D eigenvalue weighted by molar-refractivity contribution is 6.36. The Bertz CT molecular complexity index is 908. The van der Waals surface area contributed by atoms with Gasteiger partial charge in [0.05, 0.1) is 37.0 Å². The molecule has 0 aliphatic carbocycles. The van der Waals surface area contributed by atoms with Gasteiger partial charge < -0.3 is 19.1 Å². The van der Waals surface area contributed by atoms with Crippen molar-refractivity contribution in [2.24, 2.45) is 0 Å². The molecule has 0 amide bonds. The predicted octanol–water partition coefficient (Wildman–Crippen LogP) is 4.82. The average molecular weight is 380 g/mol. The molecule has 1 aromatic heterocycles. The molecule has 3 rings (SSSR count). The summed E-state index contributed by atoms with van der Waals surface area (Å²) < 4.78 is 16.1. The van der Waals surface area contributed by atoms with Crippen LogP contribution in [0.5, 0.6) is 11.5 Å². The van der Waals surface area contributed by atoms with Crippen molar-refractivity contribution in [3.05, 3.63) is 52.0 Å². The quantitative estimate of drug-likeness (QED) is 0.687. The first-order valence-electron chi connectivity index (χ1n) is 7.36. The van der Waals surface area contributed by atoms with Crippen molar-refractivity contribution >= 4 is 23.2 Å². The Labute approximate surface area is 154 Å². The minimum Gasteiger partial charge on any atom is -0.497 e. The maximum Gasteiger partial charge on any atom is 0.176 e. The molecule has 0 bridgehead atoms. The number of methoxy groups -OCH3 is 2. The third-order valence-electron chi connectivity index (χ3n) is 3.79. The summed E-state index contributed by atoms with van der Waals surface area (Å²) in [6.45, 7) is -0.275. The molecule has 2 aromatic carbocycles. The van der Waals surface area contributed by atoms with E-state index in [0.29, 0.717) is 49.7 Å². The number of hydrogen-bond donors (Lipinski definition) is 1. The monoisotopic (exact) mass is 379 g/mol. The molecular weight excluding hydrogens is 365 g/mol. The zero-order valence-corrected chi connectivity index (χ0v) is 15.1. The minimum atomic E-state index is -0.275. The third-order valence-corrected chi connectivity index (χ3v) is 4.33. The first-order valence-corrected chi connectivity index (χ1v) is 8.11. The molecule has 3 aromatic rings. The van der Waals surface area contributed by atoms with Crippen LogP contribution in [0.2, 0.25) is 10.0 Å². The maximum absolute atomic E-state index is 9.89. The average Bonchev–Trinajstić information content (AvgIpc) is 3.04. The molecule has 25 heavy (non-hydrogen) atoms. The van der Waals surface area contributed by atoms with Gasteiger partial charge in [-0.2, -0.15) is 0 Å². The van der Waals surface area contributed by atoms with Gasteiger partial charge in [0.2, 0.25) is 0 Å². The summed E-state index contributed by atoms with van der Waals surface area (Å²) >= 11 is 12.2. The molecule has 1 heterocycles. The largest absolute Gasteiger partial charge is 0.497 e. The van der Waals surface area contributed by atoms with E-state index < -0.39 is 0 Å².